The van der Waals surface area contributed by atoms with Crippen LogP contribution >= 0.6 is 0 Å². The van der Waals surface area contributed by atoms with Crippen LogP contribution in [0, 0.1) is 0 Å². The first-order valence-electron chi connectivity index (χ1n) is 14.1. The smallest absolute Gasteiger partial charge is 0.350 e. The second-order valence-electron chi connectivity index (χ2n) is 13.1. The third-order valence-electron chi connectivity index (χ3n) is 9.59. The highest BCUT2D eigenvalue weighted by Crippen LogP contribution is 2.90. The van der Waals surface area contributed by atoms with Crippen LogP contribution < -0.4 is 0 Å². The van der Waals surface area contributed by atoms with Crippen LogP contribution in [-0.4, -0.2) is 146 Å². The first kappa shape index (κ1) is 56.5. The van der Waals surface area contributed by atoms with Gasteiger partial charge < -0.3 is 15.3 Å². The van der Waals surface area contributed by atoms with E-state index in [1.807, 2.05) is 0 Å². The molecule has 4 rings (SSSR count). The minimum absolute atomic E-state index is 1.02. The quantitative estimate of drug-likeness (QED) is 0.169. The molecule has 4 aliphatic carbocycles. The van der Waals surface area contributed by atoms with E-state index < -0.39 is 130 Å². The number of hydrogen-bond donors (Lipinski definition) is 3. The maximum absolute atomic E-state index is 16.2. The van der Waals surface area contributed by atoms with Gasteiger partial charge in [-0.15, -0.1) is 0 Å². The second-order valence-corrected chi connectivity index (χ2v) is 13.1. The van der Waals surface area contributed by atoms with Crippen LogP contribution in [-0.2, 0) is 14.2 Å². The van der Waals surface area contributed by atoms with Crippen molar-refractivity contribution in [3.05, 3.63) is 0 Å². The third-order valence-corrected chi connectivity index (χ3v) is 9.59. The molecule has 4 fully saturated rings. The summed E-state index contributed by atoms with van der Waals surface area (Å²) >= 11 is 0. The molecule has 386 valence electrons. The fourth-order valence-corrected chi connectivity index (χ4v) is 6.31. The zero-order valence-corrected chi connectivity index (χ0v) is 27.6. The third kappa shape index (κ3) is 5.14. The molecule has 3 N–H and O–H groups in total. The van der Waals surface area contributed by atoms with E-state index in [0.717, 1.165) is 14.2 Å². The van der Waals surface area contributed by atoms with Crippen LogP contribution in [0.25, 0.3) is 0 Å². The molecule has 4 aliphatic rings. The number of rotatable bonds is 12. The van der Waals surface area contributed by atoms with Crippen molar-refractivity contribution in [1.29, 1.82) is 0 Å². The Hall–Kier alpha value is -2.83. The maximum atomic E-state index is 16.2. The Balaban J connectivity index is 2.94. The SMILES string of the molecule is OC(F)(C(F)(F)OC12C(F)(F)C3(F)C(F)(F)C(OC(F)(F)C(O)(F)C(F)(F)C(F)(F)F)(C1(F)F)C(F)(F)C(OC(F)(F)C(O)(F)C(F)(F)C(F)(F)F)(C3(F)F)C2(F)F)C(F)(F)C(F)(F)F. The molecule has 0 spiro atoms. The van der Waals surface area contributed by atoms with E-state index in [0.29, 0.717) is 0 Å². The molecule has 4 saturated carbocycles. The molecule has 0 aromatic rings. The first-order chi connectivity index (χ1) is 27.4. The van der Waals surface area contributed by atoms with Crippen molar-refractivity contribution in [2.75, 3.05) is 0 Å². The van der Waals surface area contributed by atoms with Crippen LogP contribution in [0.15, 0.2) is 0 Å². The summed E-state index contributed by atoms with van der Waals surface area (Å²) < 4.78 is 539. The molecule has 0 amide bonds. The minimum atomic E-state index is -10.5. The summed E-state index contributed by atoms with van der Waals surface area (Å²) in [6, 6.07) is 0. The Labute approximate surface area is 323 Å². The van der Waals surface area contributed by atoms with Crippen LogP contribution in [0.2, 0.25) is 0 Å². The molecule has 65 heavy (non-hydrogen) atoms. The van der Waals surface area contributed by atoms with Crippen LogP contribution in [0.4, 0.5) is 162 Å². The Morgan fingerprint density at radius 3 is 0.508 bits per heavy atom. The molecule has 0 aromatic carbocycles. The monoisotopic (exact) mass is 1070 g/mol. The summed E-state index contributed by atoms with van der Waals surface area (Å²) in [5.74, 6) is -117. The van der Waals surface area contributed by atoms with Crippen molar-refractivity contribution >= 4 is 0 Å². The van der Waals surface area contributed by atoms with E-state index in [4.69, 9.17) is 15.3 Å². The lowest BCUT2D eigenvalue weighted by Crippen LogP contribution is -3.12. The normalized spacial score (nSPS) is 34.2. The first-order valence-corrected chi connectivity index (χ1v) is 14.1. The minimum Gasteiger partial charge on any atom is -0.350 e. The summed E-state index contributed by atoms with van der Waals surface area (Å²) in [5.41, 5.74) is -41.3. The molecular weight excluding hydrogens is 1060 g/mol. The molecular formula is C22H3F37O6. The lowest BCUT2D eigenvalue weighted by Gasteiger charge is -2.77. The van der Waals surface area contributed by atoms with Gasteiger partial charge in [0, 0.05) is 0 Å². The van der Waals surface area contributed by atoms with E-state index >= 15 is 57.1 Å². The van der Waals surface area contributed by atoms with E-state index in [2.05, 4.69) is 0 Å². The van der Waals surface area contributed by atoms with Gasteiger partial charge >= 0.3 is 113 Å². The van der Waals surface area contributed by atoms with Gasteiger partial charge in [0.1, 0.15) is 0 Å². The van der Waals surface area contributed by atoms with Crippen LogP contribution in [0.5, 0.6) is 0 Å². The lowest BCUT2D eigenvalue weighted by molar-refractivity contribution is -0.678. The van der Waals surface area contributed by atoms with Crippen molar-refractivity contribution in [3.63, 3.8) is 0 Å². The molecule has 3 atom stereocenters. The number of alkyl halides is 37. The molecule has 0 aliphatic heterocycles. The number of halogens is 37. The highest BCUT2D eigenvalue weighted by Gasteiger charge is 3.24. The second kappa shape index (κ2) is 12.7. The van der Waals surface area contributed by atoms with Crippen molar-refractivity contribution < 1.29 is 192 Å². The van der Waals surface area contributed by atoms with E-state index in [1.54, 1.807) is 0 Å². The standard InChI is InChI=1S/C22H3F37O6/c23-1-5(24,25)2(63-20(54,55)14(42,60)11(36,37)17(45,46)47)8(30,31)3(6(1,26)27,64-21(56,57)15(43,61)12(38,39)18(48,49)50)10(34,35)4(7(1,28)29,9(2,32)33)65-22(58,59)16(44,62)13(40,41)19(51,52)53/h60-62H. The van der Waals surface area contributed by atoms with E-state index in [1.165, 1.54) is 0 Å². The molecule has 0 radical (unpaired) electrons. The predicted molar refractivity (Wildman–Crippen MR) is 111 cm³/mol. The fraction of sp³-hybridized carbons (Fsp3) is 1.00. The molecule has 6 nitrogen and oxygen atoms in total. The average molecular weight is 1070 g/mol. The molecule has 4 bridgehead atoms. The van der Waals surface area contributed by atoms with Crippen molar-refractivity contribution in [3.8, 4) is 0 Å². The number of hydrogen-bond acceptors (Lipinski definition) is 6. The predicted octanol–water partition coefficient (Wildman–Crippen LogP) is 9.16. The maximum Gasteiger partial charge on any atom is 0.459 e. The molecule has 0 aromatic heterocycles. The highest BCUT2D eigenvalue weighted by molar-refractivity contribution is 5.55. The Morgan fingerprint density at radius 1 is 0.246 bits per heavy atom. The van der Waals surface area contributed by atoms with Crippen molar-refractivity contribution in [2.24, 2.45) is 0 Å². The highest BCUT2D eigenvalue weighted by atomic mass is 19.4. The number of aliphatic hydroxyl groups is 3. The molecule has 3 unspecified atom stereocenters. The van der Waals surface area contributed by atoms with E-state index in [-0.39, 0.29) is 0 Å². The van der Waals surface area contributed by atoms with Gasteiger partial charge in [0.25, 0.3) is 16.8 Å². The van der Waals surface area contributed by atoms with Gasteiger partial charge in [-0.1, -0.05) is 0 Å². The fourth-order valence-electron chi connectivity index (χ4n) is 6.31. The summed E-state index contributed by atoms with van der Waals surface area (Å²) in [5, 5.41) is 25.8. The van der Waals surface area contributed by atoms with Gasteiger partial charge in [0.05, 0.1) is 0 Å². The zero-order valence-electron chi connectivity index (χ0n) is 27.6. The summed E-state index contributed by atoms with van der Waals surface area (Å²) in [6.07, 6.45) is -54.8. The van der Waals surface area contributed by atoms with Crippen LogP contribution in [0.3, 0.4) is 0 Å². The molecule has 0 saturated heterocycles. The summed E-state index contributed by atoms with van der Waals surface area (Å²) in [4.78, 5) is 0. The Bertz CT molecular complexity index is 1670. The molecule has 0 heterocycles. The topological polar surface area (TPSA) is 88.4 Å². The van der Waals surface area contributed by atoms with Gasteiger partial charge in [0.15, 0.2) is 0 Å². The Morgan fingerprint density at radius 2 is 0.385 bits per heavy atom. The average Bonchev–Trinajstić information content (AvgIpc) is 3.03. The molecule has 43 heteroatoms. The van der Waals surface area contributed by atoms with Gasteiger partial charge in [-0.05, 0) is 0 Å². The summed E-state index contributed by atoms with van der Waals surface area (Å²) in [6.45, 7) is 0. The van der Waals surface area contributed by atoms with Crippen molar-refractivity contribution in [2.45, 2.75) is 130 Å². The Kier molecular flexibility index (Phi) is 11.0. The van der Waals surface area contributed by atoms with Crippen molar-refractivity contribution in [1.82, 2.24) is 0 Å². The largest absolute Gasteiger partial charge is 0.459 e. The number of ether oxygens (including phenoxy) is 3. The summed E-state index contributed by atoms with van der Waals surface area (Å²) in [7, 11) is 0. The van der Waals surface area contributed by atoms with Gasteiger partial charge in [0.2, 0.25) is 0 Å². The van der Waals surface area contributed by atoms with E-state index in [9.17, 15) is 105 Å². The van der Waals surface area contributed by atoms with Gasteiger partial charge in [-0.25, -0.2) is 4.39 Å². The lowest BCUT2D eigenvalue weighted by atomic mass is 9.38. The van der Waals surface area contributed by atoms with Gasteiger partial charge in [-0.2, -0.15) is 158 Å². The van der Waals surface area contributed by atoms with Gasteiger partial charge in [-0.3, -0.25) is 14.2 Å². The zero-order chi connectivity index (χ0) is 53.1. The van der Waals surface area contributed by atoms with Crippen LogP contribution in [0.1, 0.15) is 0 Å².